The van der Waals surface area contributed by atoms with E-state index in [-0.39, 0.29) is 23.4 Å². The van der Waals surface area contributed by atoms with E-state index >= 15 is 0 Å². The Kier molecular flexibility index (Phi) is 10.6. The number of anilines is 1. The summed E-state index contributed by atoms with van der Waals surface area (Å²) in [6, 6.07) is 4.18. The summed E-state index contributed by atoms with van der Waals surface area (Å²) < 4.78 is 58.5. The summed E-state index contributed by atoms with van der Waals surface area (Å²) in [7, 11) is -17.1. The quantitative estimate of drug-likeness (QED) is 0.0382. The van der Waals surface area contributed by atoms with Crippen molar-refractivity contribution >= 4 is 40.9 Å². The number of benzene rings is 1. The topological polar surface area (TPSA) is 348 Å². The Labute approximate surface area is 238 Å². The number of nitro groups is 1. The zero-order valence-corrected chi connectivity index (χ0v) is 23.7. The number of phosphoric ester groups is 1. The first-order chi connectivity index (χ1) is 19.9. The zero-order valence-electron chi connectivity index (χ0n) is 21.0. The van der Waals surface area contributed by atoms with Crippen molar-refractivity contribution in [1.82, 2.24) is 9.55 Å². The molecule has 1 aromatic heterocycles. The zero-order chi connectivity index (χ0) is 32.2. The molecule has 1 aliphatic rings. The number of hydrogen-bond acceptors (Lipinski definition) is 15. The van der Waals surface area contributed by atoms with Crippen LogP contribution in [0.2, 0.25) is 0 Å². The Hall–Kier alpha value is -3.55. The first-order valence-electron chi connectivity index (χ1n) is 11.2. The Morgan fingerprint density at radius 3 is 2.53 bits per heavy atom. The highest BCUT2D eigenvalue weighted by molar-refractivity contribution is 7.66. The second kappa shape index (κ2) is 13.4. The molecule has 0 amide bonds. The molecule has 0 spiro atoms. The predicted molar refractivity (Wildman–Crippen MR) is 136 cm³/mol. The minimum absolute atomic E-state index is 0.101. The van der Waals surface area contributed by atoms with Crippen LogP contribution in [0.25, 0.3) is 10.4 Å². The lowest BCUT2D eigenvalue weighted by Crippen LogP contribution is -2.31. The molecule has 1 aromatic carbocycles. The summed E-state index contributed by atoms with van der Waals surface area (Å²) in [5, 5.41) is 14.4. The lowest BCUT2D eigenvalue weighted by Gasteiger charge is -2.21. The number of phosphoric acid groups is 3. The first-order valence-corrected chi connectivity index (χ1v) is 15.7. The number of nitro benzene ring substituents is 1. The fourth-order valence-electron chi connectivity index (χ4n) is 3.59. The number of aromatic nitrogens is 2. The maximum atomic E-state index is 13.1. The fourth-order valence-corrected chi connectivity index (χ4v) is 6.62. The summed E-state index contributed by atoms with van der Waals surface area (Å²) in [6.45, 7) is -1.55. The molecule has 6 N–H and O–H groups in total. The highest BCUT2D eigenvalue weighted by atomic mass is 31.3. The third kappa shape index (κ3) is 9.73. The van der Waals surface area contributed by atoms with E-state index in [9.17, 15) is 43.2 Å². The molecule has 0 radical (unpaired) electrons. The molecule has 1 aliphatic heterocycles. The number of esters is 1. The number of nitrogens with zero attached hydrogens (tertiary/aromatic N) is 6. The van der Waals surface area contributed by atoms with Gasteiger partial charge in [0.05, 0.1) is 23.6 Å². The molecule has 3 rings (SSSR count). The number of carbonyl (C=O) groups excluding carboxylic acids is 1. The number of rotatable bonds is 13. The van der Waals surface area contributed by atoms with Crippen LogP contribution in [0.3, 0.4) is 0 Å². The monoisotopic (exact) mass is 671 g/mol. The van der Waals surface area contributed by atoms with Crippen LogP contribution >= 0.6 is 23.5 Å². The summed E-state index contributed by atoms with van der Waals surface area (Å²) in [6.07, 6.45) is -3.36. The van der Waals surface area contributed by atoms with Gasteiger partial charge in [-0.15, -0.1) is 0 Å². The molecule has 23 nitrogen and oxygen atoms in total. The maximum Gasteiger partial charge on any atom is 0.490 e. The number of carbonyl (C=O) groups is 1. The average molecular weight is 671 g/mol. The molecule has 5 atom stereocenters. The van der Waals surface area contributed by atoms with Crippen LogP contribution in [0, 0.1) is 10.1 Å². The number of ether oxygens (including phenoxy) is 2. The smallest absolute Gasteiger partial charge is 0.456 e. The van der Waals surface area contributed by atoms with E-state index in [1.807, 2.05) is 0 Å². The number of hydrogen-bond donors (Lipinski definition) is 5. The van der Waals surface area contributed by atoms with E-state index in [2.05, 4.69) is 28.2 Å². The minimum atomic E-state index is -5.85. The second-order valence-corrected chi connectivity index (χ2v) is 12.6. The van der Waals surface area contributed by atoms with Gasteiger partial charge in [0.15, 0.2) is 0 Å². The molecule has 0 aliphatic carbocycles. The van der Waals surface area contributed by atoms with Gasteiger partial charge in [-0.05, 0) is 23.2 Å². The van der Waals surface area contributed by atoms with Gasteiger partial charge in [-0.2, -0.15) is 13.6 Å². The SMILES string of the molecule is [N-]=[N+]=NCc1cc([N+](=O)[O-])ccc1C(=O)O[C@@H]1C[C@H](n2ccc(N)nc2=O)O[C@@H]1COP(=O)(O)OP(=O)(O)OP(=O)(O)O. The highest BCUT2D eigenvalue weighted by Gasteiger charge is 2.44. The van der Waals surface area contributed by atoms with Crippen molar-refractivity contribution in [2.75, 3.05) is 12.3 Å². The molecular weight excluding hydrogens is 651 g/mol. The van der Waals surface area contributed by atoms with Crippen molar-refractivity contribution < 1.29 is 65.6 Å². The van der Waals surface area contributed by atoms with Crippen LogP contribution in [-0.2, 0) is 42.9 Å². The van der Waals surface area contributed by atoms with Crippen molar-refractivity contribution in [3.63, 3.8) is 0 Å². The van der Waals surface area contributed by atoms with Crippen LogP contribution < -0.4 is 11.4 Å². The van der Waals surface area contributed by atoms with Crippen LogP contribution in [0.15, 0.2) is 40.4 Å². The Morgan fingerprint density at radius 1 is 1.23 bits per heavy atom. The molecular formula is C17H20N7O16P3. The Balaban J connectivity index is 1.87. The highest BCUT2D eigenvalue weighted by Crippen LogP contribution is 2.66. The first kappa shape index (κ1) is 33.9. The molecule has 2 heterocycles. The average Bonchev–Trinajstić information content (AvgIpc) is 3.25. The van der Waals surface area contributed by atoms with Gasteiger partial charge >= 0.3 is 35.1 Å². The van der Waals surface area contributed by atoms with Crippen LogP contribution in [0.1, 0.15) is 28.6 Å². The minimum Gasteiger partial charge on any atom is -0.456 e. The van der Waals surface area contributed by atoms with Crippen molar-refractivity contribution in [3.05, 3.63) is 72.6 Å². The van der Waals surface area contributed by atoms with E-state index in [1.165, 1.54) is 12.3 Å². The number of nitrogens with two attached hydrogens (primary N) is 1. The largest absolute Gasteiger partial charge is 0.490 e. The lowest BCUT2D eigenvalue weighted by molar-refractivity contribution is -0.384. The van der Waals surface area contributed by atoms with E-state index in [0.717, 1.165) is 22.8 Å². The van der Waals surface area contributed by atoms with E-state index in [4.69, 9.17) is 30.5 Å². The Morgan fingerprint density at radius 2 is 1.93 bits per heavy atom. The van der Waals surface area contributed by atoms with Gasteiger partial charge in [0.1, 0.15) is 24.3 Å². The summed E-state index contributed by atoms with van der Waals surface area (Å²) in [4.78, 5) is 78.3. The van der Waals surface area contributed by atoms with Crippen molar-refractivity contribution in [3.8, 4) is 0 Å². The third-order valence-corrected chi connectivity index (χ3v) is 9.05. The summed E-state index contributed by atoms with van der Waals surface area (Å²) in [5.41, 5.74) is 12.4. The van der Waals surface area contributed by atoms with Gasteiger partial charge in [0.2, 0.25) is 0 Å². The van der Waals surface area contributed by atoms with Gasteiger partial charge in [0, 0.05) is 29.7 Å². The molecule has 1 fully saturated rings. The third-order valence-electron chi connectivity index (χ3n) is 5.24. The Bertz CT molecular complexity index is 1660. The van der Waals surface area contributed by atoms with E-state index < -0.39 is 77.3 Å². The van der Waals surface area contributed by atoms with Gasteiger partial charge in [-0.25, -0.2) is 23.3 Å². The second-order valence-electron chi connectivity index (χ2n) is 8.23. The van der Waals surface area contributed by atoms with Crippen LogP contribution in [0.5, 0.6) is 0 Å². The van der Waals surface area contributed by atoms with E-state index in [1.54, 1.807) is 0 Å². The van der Waals surface area contributed by atoms with E-state index in [0.29, 0.717) is 0 Å². The molecule has 234 valence electrons. The standard InChI is InChI=1S/C17H20N7O16P3/c18-14-3-4-23(17(26)21-14)15-6-12(13(37-15)8-36-42(32,33)40-43(34,35)39-41(29,30)31)38-16(25)11-2-1-10(24(27)28)5-9(11)7-20-22-19/h1-5,12-13,15H,6-8H2,(H,32,33)(H,34,35)(H2,18,21,26)(H2,29,30,31)/t12-,13-,15-/m1/s1. The molecule has 43 heavy (non-hydrogen) atoms. The number of nitrogen functional groups attached to an aromatic ring is 1. The molecule has 0 saturated carbocycles. The van der Waals surface area contributed by atoms with Crippen molar-refractivity contribution in [1.29, 1.82) is 0 Å². The summed E-state index contributed by atoms with van der Waals surface area (Å²) in [5.74, 6) is -1.28. The van der Waals surface area contributed by atoms with Gasteiger partial charge in [0.25, 0.3) is 5.69 Å². The number of non-ortho nitro benzene ring substituents is 1. The normalized spacial score (nSPS) is 21.3. The van der Waals surface area contributed by atoms with Gasteiger partial charge in [-0.3, -0.25) is 19.2 Å². The molecule has 2 aromatic rings. The summed E-state index contributed by atoms with van der Waals surface area (Å²) >= 11 is 0. The van der Waals surface area contributed by atoms with Crippen molar-refractivity contribution in [2.45, 2.75) is 31.4 Å². The molecule has 26 heteroatoms. The lowest BCUT2D eigenvalue weighted by atomic mass is 10.1. The van der Waals surface area contributed by atoms with Gasteiger partial charge < -0.3 is 34.8 Å². The number of azide groups is 1. The fraction of sp³-hybridized carbons (Fsp3) is 0.353. The molecule has 2 unspecified atom stereocenters. The predicted octanol–water partition coefficient (Wildman–Crippen LogP) is 1.40. The van der Waals surface area contributed by atoms with Gasteiger partial charge in [-0.1, -0.05) is 5.11 Å². The molecule has 1 saturated heterocycles. The maximum absolute atomic E-state index is 13.1. The van der Waals surface area contributed by atoms with Crippen LogP contribution in [-0.4, -0.2) is 58.8 Å². The molecule has 0 bridgehead atoms. The van der Waals surface area contributed by atoms with Crippen LogP contribution in [0.4, 0.5) is 11.5 Å². The van der Waals surface area contributed by atoms with Crippen molar-refractivity contribution in [2.24, 2.45) is 5.11 Å².